The van der Waals surface area contributed by atoms with Gasteiger partial charge < -0.3 is 19.0 Å². The van der Waals surface area contributed by atoms with Gasteiger partial charge in [0.1, 0.15) is 5.76 Å². The van der Waals surface area contributed by atoms with Gasteiger partial charge in [-0.1, -0.05) is 23.7 Å². The molecular weight excluding hydrogens is 408 g/mol. The summed E-state index contributed by atoms with van der Waals surface area (Å²) in [7, 11) is 1.53. The van der Waals surface area contributed by atoms with Crippen LogP contribution >= 0.6 is 11.6 Å². The van der Waals surface area contributed by atoms with Crippen LogP contribution in [-0.4, -0.2) is 24.8 Å². The zero-order valence-corrected chi connectivity index (χ0v) is 17.4. The minimum absolute atomic E-state index is 0.191. The van der Waals surface area contributed by atoms with Gasteiger partial charge >= 0.3 is 5.97 Å². The molecule has 1 aromatic heterocycles. The maximum Gasteiger partial charge on any atom is 0.306 e. The van der Waals surface area contributed by atoms with Gasteiger partial charge in [0.15, 0.2) is 22.5 Å². The highest BCUT2D eigenvalue weighted by Crippen LogP contribution is 2.42. The van der Waals surface area contributed by atoms with Crippen molar-refractivity contribution >= 4 is 28.5 Å². The maximum absolute atomic E-state index is 12.6. The Bertz CT molecular complexity index is 1180. The SMILES string of the molecule is COc1c(-c2cc(=O)c3cccc(Cl)c3o2)ccc(C)c1OCC1CC(C(=O)O)C1. The normalized spacial score (nSPS) is 18.1. The van der Waals surface area contributed by atoms with E-state index in [1.807, 2.05) is 19.1 Å². The van der Waals surface area contributed by atoms with Crippen molar-refractivity contribution in [3.05, 3.63) is 57.2 Å². The number of carboxylic acid groups (broad SMARTS) is 1. The Hall–Kier alpha value is -2.99. The summed E-state index contributed by atoms with van der Waals surface area (Å²) in [4.78, 5) is 23.6. The Morgan fingerprint density at radius 1 is 1.23 bits per heavy atom. The first kappa shape index (κ1) is 20.3. The van der Waals surface area contributed by atoms with Crippen molar-refractivity contribution in [1.82, 2.24) is 0 Å². The lowest BCUT2D eigenvalue weighted by Crippen LogP contribution is -2.33. The third-order valence-corrected chi connectivity index (χ3v) is 5.83. The second-order valence-electron chi connectivity index (χ2n) is 7.57. The largest absolute Gasteiger partial charge is 0.492 e. The fourth-order valence-electron chi connectivity index (χ4n) is 3.79. The molecule has 1 heterocycles. The molecule has 1 aliphatic rings. The molecule has 1 N–H and O–H groups in total. The number of carbonyl (C=O) groups is 1. The highest BCUT2D eigenvalue weighted by molar-refractivity contribution is 6.34. The number of halogens is 1. The van der Waals surface area contributed by atoms with Crippen LogP contribution in [0.2, 0.25) is 5.02 Å². The Morgan fingerprint density at radius 3 is 2.70 bits per heavy atom. The van der Waals surface area contributed by atoms with Gasteiger partial charge in [0.05, 0.1) is 35.6 Å². The van der Waals surface area contributed by atoms with Gasteiger partial charge in [-0.05, 0) is 49.4 Å². The first-order valence-electron chi connectivity index (χ1n) is 9.65. The number of fused-ring (bicyclic) bond motifs is 1. The molecule has 0 aliphatic heterocycles. The van der Waals surface area contributed by atoms with E-state index >= 15 is 0 Å². The van der Waals surface area contributed by atoms with Crippen LogP contribution in [0.3, 0.4) is 0 Å². The van der Waals surface area contributed by atoms with E-state index in [-0.39, 0.29) is 17.3 Å². The number of carboxylic acids is 1. The van der Waals surface area contributed by atoms with Crippen molar-refractivity contribution in [2.24, 2.45) is 11.8 Å². The number of aryl methyl sites for hydroxylation is 1. The number of benzene rings is 2. The van der Waals surface area contributed by atoms with E-state index in [1.54, 1.807) is 18.2 Å². The van der Waals surface area contributed by atoms with Gasteiger partial charge in [-0.2, -0.15) is 0 Å². The molecule has 1 aliphatic carbocycles. The summed E-state index contributed by atoms with van der Waals surface area (Å²) in [6.07, 6.45) is 1.21. The number of rotatable bonds is 6. The van der Waals surface area contributed by atoms with Gasteiger partial charge in [-0.25, -0.2) is 0 Å². The summed E-state index contributed by atoms with van der Waals surface area (Å²) in [6, 6.07) is 10.1. The minimum Gasteiger partial charge on any atom is -0.492 e. The van der Waals surface area contributed by atoms with E-state index in [0.29, 0.717) is 58.3 Å². The molecule has 0 saturated heterocycles. The highest BCUT2D eigenvalue weighted by Gasteiger charge is 2.35. The summed E-state index contributed by atoms with van der Waals surface area (Å²) < 4.78 is 17.6. The molecule has 2 aromatic carbocycles. The summed E-state index contributed by atoms with van der Waals surface area (Å²) >= 11 is 6.23. The number of ether oxygens (including phenoxy) is 2. The molecular formula is C23H21ClO6. The summed E-state index contributed by atoms with van der Waals surface area (Å²) in [5, 5.41) is 9.80. The average Bonchev–Trinajstić information content (AvgIpc) is 2.68. The zero-order valence-electron chi connectivity index (χ0n) is 16.6. The molecule has 0 amide bonds. The lowest BCUT2D eigenvalue weighted by molar-refractivity contribution is -0.146. The summed E-state index contributed by atoms with van der Waals surface area (Å²) in [5.41, 5.74) is 1.56. The Balaban J connectivity index is 1.69. The third kappa shape index (κ3) is 3.63. The van der Waals surface area contributed by atoms with Gasteiger partial charge in [-0.15, -0.1) is 0 Å². The van der Waals surface area contributed by atoms with Gasteiger partial charge in [-0.3, -0.25) is 9.59 Å². The molecule has 0 unspecified atom stereocenters. The summed E-state index contributed by atoms with van der Waals surface area (Å²) in [5.74, 6) is 0.485. The van der Waals surface area contributed by atoms with Crippen molar-refractivity contribution in [3.8, 4) is 22.8 Å². The van der Waals surface area contributed by atoms with Crippen LogP contribution in [0.4, 0.5) is 0 Å². The van der Waals surface area contributed by atoms with Crippen LogP contribution < -0.4 is 14.9 Å². The summed E-state index contributed by atoms with van der Waals surface area (Å²) in [6.45, 7) is 2.30. The first-order chi connectivity index (χ1) is 14.4. The average molecular weight is 429 g/mol. The van der Waals surface area contributed by atoms with Gasteiger partial charge in [0.25, 0.3) is 0 Å². The van der Waals surface area contributed by atoms with Gasteiger partial charge in [0, 0.05) is 6.07 Å². The smallest absolute Gasteiger partial charge is 0.306 e. The second kappa shape index (κ2) is 8.03. The minimum atomic E-state index is -0.757. The molecule has 3 aromatic rings. The maximum atomic E-state index is 12.6. The van der Waals surface area contributed by atoms with E-state index in [1.165, 1.54) is 13.2 Å². The molecule has 0 bridgehead atoms. The van der Waals surface area contributed by atoms with Crippen molar-refractivity contribution in [3.63, 3.8) is 0 Å². The van der Waals surface area contributed by atoms with Crippen LogP contribution in [0, 0.1) is 18.8 Å². The standard InChI is InChI=1S/C23H21ClO6/c1-12-6-7-16(19-10-18(25)15-4-3-5-17(24)21(15)30-19)22(28-2)20(12)29-11-13-8-14(9-13)23(26)27/h3-7,10,13-14H,8-9,11H2,1-2H3,(H,26,27). The molecule has 1 fully saturated rings. The lowest BCUT2D eigenvalue weighted by Gasteiger charge is -2.32. The zero-order chi connectivity index (χ0) is 21.4. The van der Waals surface area contributed by atoms with Crippen molar-refractivity contribution in [2.75, 3.05) is 13.7 Å². The molecule has 7 heteroatoms. The predicted octanol–water partition coefficient (Wildman–Crippen LogP) is 4.92. The van der Waals surface area contributed by atoms with E-state index in [9.17, 15) is 9.59 Å². The number of aliphatic carboxylic acids is 1. The number of hydrogen-bond donors (Lipinski definition) is 1. The highest BCUT2D eigenvalue weighted by atomic mass is 35.5. The quantitative estimate of drug-likeness (QED) is 0.599. The predicted molar refractivity (Wildman–Crippen MR) is 114 cm³/mol. The topological polar surface area (TPSA) is 86.0 Å². The molecule has 0 spiro atoms. The van der Waals surface area contributed by atoms with Crippen molar-refractivity contribution in [2.45, 2.75) is 19.8 Å². The van der Waals surface area contributed by atoms with E-state index < -0.39 is 5.97 Å². The number of methoxy groups -OCH3 is 1. The third-order valence-electron chi connectivity index (χ3n) is 5.53. The van der Waals surface area contributed by atoms with E-state index in [0.717, 1.165) is 5.56 Å². The van der Waals surface area contributed by atoms with E-state index in [4.69, 9.17) is 30.6 Å². The van der Waals surface area contributed by atoms with Crippen LogP contribution in [0.25, 0.3) is 22.3 Å². The molecule has 156 valence electrons. The lowest BCUT2D eigenvalue weighted by atomic mass is 9.75. The molecule has 0 atom stereocenters. The fraction of sp³-hybridized carbons (Fsp3) is 0.304. The molecule has 30 heavy (non-hydrogen) atoms. The Labute approximate surface area is 178 Å². The Morgan fingerprint density at radius 2 is 2.00 bits per heavy atom. The molecule has 6 nitrogen and oxygen atoms in total. The number of para-hydroxylation sites is 1. The van der Waals surface area contributed by atoms with Crippen molar-refractivity contribution in [1.29, 1.82) is 0 Å². The second-order valence-corrected chi connectivity index (χ2v) is 7.97. The van der Waals surface area contributed by atoms with Crippen LogP contribution in [0.1, 0.15) is 18.4 Å². The van der Waals surface area contributed by atoms with E-state index in [2.05, 4.69) is 0 Å². The first-order valence-corrected chi connectivity index (χ1v) is 10.0. The van der Waals surface area contributed by atoms with Gasteiger partial charge in [0.2, 0.25) is 0 Å². The molecule has 0 radical (unpaired) electrons. The molecule has 4 rings (SSSR count). The molecule has 1 saturated carbocycles. The monoisotopic (exact) mass is 428 g/mol. The van der Waals surface area contributed by atoms with Crippen LogP contribution in [-0.2, 0) is 4.79 Å². The van der Waals surface area contributed by atoms with Crippen LogP contribution in [0.15, 0.2) is 45.6 Å². The van der Waals surface area contributed by atoms with Crippen molar-refractivity contribution < 1.29 is 23.8 Å². The van der Waals surface area contributed by atoms with Crippen LogP contribution in [0.5, 0.6) is 11.5 Å². The fourth-order valence-corrected chi connectivity index (χ4v) is 4.00. The number of hydrogen-bond acceptors (Lipinski definition) is 5. The Kier molecular flexibility index (Phi) is 5.43.